The molecule has 0 aliphatic carbocycles. The lowest BCUT2D eigenvalue weighted by molar-refractivity contribution is 0.101. The maximum Gasteiger partial charge on any atom is 0.258 e. The van der Waals surface area contributed by atoms with E-state index in [1.54, 1.807) is 18.2 Å². The van der Waals surface area contributed by atoms with E-state index in [1.807, 2.05) is 54.6 Å². The van der Waals surface area contributed by atoms with Crippen molar-refractivity contribution >= 4 is 50.7 Å². The van der Waals surface area contributed by atoms with Crippen LogP contribution in [0.25, 0.3) is 10.8 Å². The van der Waals surface area contributed by atoms with Gasteiger partial charge in [0.05, 0.1) is 5.75 Å². The summed E-state index contributed by atoms with van der Waals surface area (Å²) >= 11 is 2.57. The second-order valence-corrected chi connectivity index (χ2v) is 8.13. The van der Waals surface area contributed by atoms with Crippen molar-refractivity contribution < 1.29 is 9.59 Å². The number of fused-ring (bicyclic) bond motifs is 1. The van der Waals surface area contributed by atoms with E-state index in [9.17, 15) is 9.59 Å². The fourth-order valence-corrected chi connectivity index (χ4v) is 4.38. The maximum absolute atomic E-state index is 12.7. The van der Waals surface area contributed by atoms with E-state index >= 15 is 0 Å². The van der Waals surface area contributed by atoms with Gasteiger partial charge in [-0.05, 0) is 16.8 Å². The molecule has 1 heterocycles. The van der Waals surface area contributed by atoms with Crippen molar-refractivity contribution in [1.29, 1.82) is 0 Å². The van der Waals surface area contributed by atoms with Crippen molar-refractivity contribution in [2.24, 2.45) is 0 Å². The molecule has 4 aromatic rings. The molecule has 138 valence electrons. The van der Waals surface area contributed by atoms with Crippen molar-refractivity contribution in [1.82, 2.24) is 10.2 Å². The molecule has 1 N–H and O–H groups in total. The number of carbonyl (C=O) groups is 2. The van der Waals surface area contributed by atoms with Crippen LogP contribution in [0.2, 0.25) is 0 Å². The van der Waals surface area contributed by atoms with Crippen molar-refractivity contribution in [2.45, 2.75) is 4.34 Å². The lowest BCUT2D eigenvalue weighted by Crippen LogP contribution is -2.12. The Labute approximate surface area is 169 Å². The summed E-state index contributed by atoms with van der Waals surface area (Å²) in [5.41, 5.74) is 1.26. The quantitative estimate of drug-likeness (QED) is 0.280. The van der Waals surface area contributed by atoms with Crippen LogP contribution in [0, 0.1) is 0 Å². The van der Waals surface area contributed by atoms with Crippen LogP contribution in [0.3, 0.4) is 0 Å². The molecule has 0 fully saturated rings. The average molecular weight is 406 g/mol. The van der Waals surface area contributed by atoms with Gasteiger partial charge in [0.2, 0.25) is 5.13 Å². The molecule has 0 saturated carbocycles. The first kappa shape index (κ1) is 18.3. The van der Waals surface area contributed by atoms with Gasteiger partial charge in [-0.2, -0.15) is 0 Å². The highest BCUT2D eigenvalue weighted by Gasteiger charge is 2.14. The number of amides is 1. The van der Waals surface area contributed by atoms with Gasteiger partial charge in [-0.1, -0.05) is 89.8 Å². The van der Waals surface area contributed by atoms with Gasteiger partial charge in [0.25, 0.3) is 5.91 Å². The minimum absolute atomic E-state index is 0.0298. The molecule has 3 aromatic carbocycles. The number of carbonyl (C=O) groups excluding carboxylic acids is 2. The van der Waals surface area contributed by atoms with E-state index in [2.05, 4.69) is 15.5 Å². The molecular weight excluding hydrogens is 390 g/mol. The highest BCUT2D eigenvalue weighted by molar-refractivity contribution is 8.01. The van der Waals surface area contributed by atoms with Gasteiger partial charge in [-0.25, -0.2) is 0 Å². The standard InChI is InChI=1S/C21H15N3O2S2/c25-18(15-8-2-1-3-9-15)13-27-21-24-23-20(28-21)22-19(26)17-12-6-10-14-7-4-5-11-16(14)17/h1-12H,13H2,(H,22,23,26). The van der Waals surface area contributed by atoms with E-state index in [0.717, 1.165) is 10.8 Å². The van der Waals surface area contributed by atoms with Crippen molar-refractivity contribution in [3.8, 4) is 0 Å². The molecule has 5 nitrogen and oxygen atoms in total. The molecule has 0 bridgehead atoms. The SMILES string of the molecule is O=C(CSc1nnc(NC(=O)c2cccc3ccccc23)s1)c1ccccc1. The smallest absolute Gasteiger partial charge is 0.258 e. The first-order valence-electron chi connectivity index (χ1n) is 8.54. The summed E-state index contributed by atoms with van der Waals surface area (Å²) in [6.07, 6.45) is 0. The van der Waals surface area contributed by atoms with Gasteiger partial charge < -0.3 is 0 Å². The Hall–Kier alpha value is -3.03. The summed E-state index contributed by atoms with van der Waals surface area (Å²) in [5, 5.41) is 13.2. The molecule has 28 heavy (non-hydrogen) atoms. The zero-order valence-electron chi connectivity index (χ0n) is 14.7. The number of anilines is 1. The van der Waals surface area contributed by atoms with Crippen LogP contribution < -0.4 is 5.32 Å². The Balaban J connectivity index is 1.42. The number of hydrogen-bond donors (Lipinski definition) is 1. The van der Waals surface area contributed by atoms with Crippen molar-refractivity contribution in [3.63, 3.8) is 0 Å². The molecule has 7 heteroatoms. The summed E-state index contributed by atoms with van der Waals surface area (Å²) in [4.78, 5) is 24.8. The minimum atomic E-state index is -0.232. The predicted molar refractivity (Wildman–Crippen MR) is 113 cm³/mol. The van der Waals surface area contributed by atoms with E-state index in [-0.39, 0.29) is 17.4 Å². The van der Waals surface area contributed by atoms with Gasteiger partial charge >= 0.3 is 0 Å². The molecule has 0 radical (unpaired) electrons. The predicted octanol–water partition coefficient (Wildman–Crippen LogP) is 4.92. The van der Waals surface area contributed by atoms with Gasteiger partial charge in [-0.3, -0.25) is 14.9 Å². The molecule has 0 unspecified atom stereocenters. The average Bonchev–Trinajstić information content (AvgIpc) is 3.19. The Morgan fingerprint density at radius 2 is 1.64 bits per heavy atom. The summed E-state index contributed by atoms with van der Waals surface area (Å²) in [6.45, 7) is 0. The number of ketones is 1. The number of hydrogen-bond acceptors (Lipinski definition) is 6. The summed E-state index contributed by atoms with van der Waals surface area (Å²) in [5.74, 6) is 0.0719. The van der Waals surface area contributed by atoms with Crippen LogP contribution in [-0.4, -0.2) is 27.6 Å². The number of aromatic nitrogens is 2. The maximum atomic E-state index is 12.7. The fraction of sp³-hybridized carbons (Fsp3) is 0.0476. The summed E-state index contributed by atoms with van der Waals surface area (Å²) < 4.78 is 0.637. The minimum Gasteiger partial charge on any atom is -0.296 e. The highest BCUT2D eigenvalue weighted by atomic mass is 32.2. The lowest BCUT2D eigenvalue weighted by Gasteiger charge is -2.05. The molecule has 1 aromatic heterocycles. The first-order valence-corrected chi connectivity index (χ1v) is 10.3. The summed E-state index contributed by atoms with van der Waals surface area (Å²) in [7, 11) is 0. The molecule has 0 aliphatic rings. The Bertz CT molecular complexity index is 1140. The second-order valence-electron chi connectivity index (χ2n) is 5.93. The molecule has 1 amide bonds. The van der Waals surface area contributed by atoms with Crippen LogP contribution in [0.4, 0.5) is 5.13 Å². The zero-order valence-corrected chi connectivity index (χ0v) is 16.3. The van der Waals surface area contributed by atoms with Crippen LogP contribution >= 0.6 is 23.1 Å². The number of rotatable bonds is 6. The monoisotopic (exact) mass is 405 g/mol. The molecule has 0 saturated heterocycles. The van der Waals surface area contributed by atoms with E-state index in [0.29, 0.717) is 20.6 Å². The van der Waals surface area contributed by atoms with Gasteiger partial charge in [0.1, 0.15) is 0 Å². The second kappa shape index (κ2) is 8.33. The Morgan fingerprint density at radius 3 is 2.50 bits per heavy atom. The summed E-state index contributed by atoms with van der Waals surface area (Å²) in [6, 6.07) is 22.5. The largest absolute Gasteiger partial charge is 0.296 e. The molecular formula is C21H15N3O2S2. The third-order valence-electron chi connectivity index (χ3n) is 4.08. The van der Waals surface area contributed by atoms with Crippen molar-refractivity contribution in [2.75, 3.05) is 11.1 Å². The highest BCUT2D eigenvalue weighted by Crippen LogP contribution is 2.27. The lowest BCUT2D eigenvalue weighted by atomic mass is 10.0. The number of Topliss-reactive ketones (excluding diaryl/α,β-unsaturated/α-hetero) is 1. The number of thioether (sulfide) groups is 1. The fourth-order valence-electron chi connectivity index (χ4n) is 2.74. The third kappa shape index (κ3) is 4.11. The van der Waals surface area contributed by atoms with Crippen LogP contribution in [0.1, 0.15) is 20.7 Å². The Morgan fingerprint density at radius 1 is 0.893 bits per heavy atom. The first-order chi connectivity index (χ1) is 13.7. The van der Waals surface area contributed by atoms with Crippen LogP contribution in [0.5, 0.6) is 0 Å². The Kier molecular flexibility index (Phi) is 5.45. The van der Waals surface area contributed by atoms with Crippen molar-refractivity contribution in [3.05, 3.63) is 83.9 Å². The molecule has 0 aliphatic heterocycles. The number of nitrogens with zero attached hydrogens (tertiary/aromatic N) is 2. The topological polar surface area (TPSA) is 72.0 Å². The molecule has 0 atom stereocenters. The van der Waals surface area contributed by atoms with E-state index in [1.165, 1.54) is 23.1 Å². The number of benzene rings is 3. The van der Waals surface area contributed by atoms with Gasteiger partial charge in [-0.15, -0.1) is 10.2 Å². The molecule has 4 rings (SSSR count). The normalized spacial score (nSPS) is 10.7. The number of nitrogens with one attached hydrogen (secondary N) is 1. The van der Waals surface area contributed by atoms with Gasteiger partial charge in [0, 0.05) is 11.1 Å². The van der Waals surface area contributed by atoms with E-state index in [4.69, 9.17) is 0 Å². The van der Waals surface area contributed by atoms with Crippen LogP contribution in [0.15, 0.2) is 77.1 Å². The van der Waals surface area contributed by atoms with Gasteiger partial charge in [0.15, 0.2) is 10.1 Å². The third-order valence-corrected chi connectivity index (χ3v) is 6.06. The van der Waals surface area contributed by atoms with E-state index < -0.39 is 0 Å². The zero-order chi connectivity index (χ0) is 19.3. The molecule has 0 spiro atoms. The van der Waals surface area contributed by atoms with Crippen LogP contribution in [-0.2, 0) is 0 Å².